The van der Waals surface area contributed by atoms with Crippen LogP contribution in [0.3, 0.4) is 0 Å². The molecule has 6 heteroatoms. The third-order valence-corrected chi connectivity index (χ3v) is 6.50. The Morgan fingerprint density at radius 2 is 2.15 bits per heavy atom. The summed E-state index contributed by atoms with van der Waals surface area (Å²) in [5, 5.41) is 3.27. The standard InChI is InChI=1S/C21H29N3O2S/c1-16-10-19(20(25)11-17-6-5-9-26-14-17)24(12-16)13-18-15-27-21(22-18)23-7-3-2-4-8-23/h10,12,15,17H,2-9,11,13-14H2,1H3. The van der Waals surface area contributed by atoms with Crippen molar-refractivity contribution in [1.82, 2.24) is 9.55 Å². The van der Waals surface area contributed by atoms with E-state index < -0.39 is 0 Å². The van der Waals surface area contributed by atoms with Crippen molar-refractivity contribution < 1.29 is 9.53 Å². The Morgan fingerprint density at radius 1 is 1.30 bits per heavy atom. The van der Waals surface area contributed by atoms with Gasteiger partial charge in [0.2, 0.25) is 0 Å². The van der Waals surface area contributed by atoms with E-state index in [-0.39, 0.29) is 5.78 Å². The predicted molar refractivity (Wildman–Crippen MR) is 109 cm³/mol. The molecule has 2 saturated heterocycles. The fourth-order valence-electron chi connectivity index (χ4n) is 4.13. The maximum Gasteiger partial charge on any atom is 0.185 e. The van der Waals surface area contributed by atoms with Gasteiger partial charge in [-0.15, -0.1) is 11.3 Å². The van der Waals surface area contributed by atoms with Crippen LogP contribution < -0.4 is 4.90 Å². The molecule has 1 unspecified atom stereocenters. The maximum atomic E-state index is 12.9. The molecule has 2 aromatic rings. The molecule has 0 amide bonds. The van der Waals surface area contributed by atoms with Gasteiger partial charge in [0, 0.05) is 44.3 Å². The summed E-state index contributed by atoms with van der Waals surface area (Å²) < 4.78 is 7.62. The topological polar surface area (TPSA) is 47.4 Å². The first-order valence-electron chi connectivity index (χ1n) is 10.2. The fraction of sp³-hybridized carbons (Fsp3) is 0.619. The van der Waals surface area contributed by atoms with Gasteiger partial charge < -0.3 is 14.2 Å². The van der Waals surface area contributed by atoms with Gasteiger partial charge in [0.05, 0.1) is 17.9 Å². The molecule has 27 heavy (non-hydrogen) atoms. The number of hydrogen-bond acceptors (Lipinski definition) is 5. The number of Topliss-reactive ketones (excluding diaryl/α,β-unsaturated/α-hetero) is 1. The number of anilines is 1. The Bertz CT molecular complexity index is 770. The van der Waals surface area contributed by atoms with E-state index in [0.717, 1.165) is 61.2 Å². The minimum absolute atomic E-state index is 0.227. The van der Waals surface area contributed by atoms with E-state index >= 15 is 0 Å². The first-order valence-corrected chi connectivity index (χ1v) is 11.0. The van der Waals surface area contributed by atoms with Crippen LogP contribution in [-0.4, -0.2) is 41.6 Å². The lowest BCUT2D eigenvalue weighted by molar-refractivity contribution is 0.0486. The second-order valence-corrected chi connectivity index (χ2v) is 8.75. The van der Waals surface area contributed by atoms with E-state index in [0.29, 0.717) is 18.9 Å². The highest BCUT2D eigenvalue weighted by Crippen LogP contribution is 2.26. The lowest BCUT2D eigenvalue weighted by Gasteiger charge is -2.25. The molecule has 0 radical (unpaired) electrons. The maximum absolute atomic E-state index is 12.9. The number of thiazole rings is 1. The van der Waals surface area contributed by atoms with Gasteiger partial charge in [0.1, 0.15) is 0 Å². The number of aryl methyl sites for hydroxylation is 1. The van der Waals surface area contributed by atoms with Crippen molar-refractivity contribution in [3.63, 3.8) is 0 Å². The van der Waals surface area contributed by atoms with Crippen LogP contribution in [0.15, 0.2) is 17.6 Å². The zero-order chi connectivity index (χ0) is 18.6. The van der Waals surface area contributed by atoms with E-state index in [2.05, 4.69) is 28.0 Å². The number of aromatic nitrogens is 2. The van der Waals surface area contributed by atoms with Crippen LogP contribution in [0.1, 0.15) is 60.3 Å². The molecular weight excluding hydrogens is 358 g/mol. The second-order valence-electron chi connectivity index (χ2n) is 7.91. The summed E-state index contributed by atoms with van der Waals surface area (Å²) in [6.07, 6.45) is 8.66. The summed E-state index contributed by atoms with van der Waals surface area (Å²) in [5.41, 5.74) is 2.99. The van der Waals surface area contributed by atoms with Crippen molar-refractivity contribution in [3.05, 3.63) is 34.6 Å². The second kappa shape index (κ2) is 8.57. The number of carbonyl (C=O) groups excluding carboxylic acids is 1. The van der Waals surface area contributed by atoms with Gasteiger partial charge in [0.15, 0.2) is 10.9 Å². The Hall–Kier alpha value is -1.66. The van der Waals surface area contributed by atoms with Gasteiger partial charge in [-0.1, -0.05) is 0 Å². The number of rotatable bonds is 6. The van der Waals surface area contributed by atoms with Crippen LogP contribution in [0.25, 0.3) is 0 Å². The van der Waals surface area contributed by atoms with Gasteiger partial charge in [-0.25, -0.2) is 4.98 Å². The third-order valence-electron chi connectivity index (χ3n) is 5.55. The Balaban J connectivity index is 1.44. The largest absolute Gasteiger partial charge is 0.381 e. The van der Waals surface area contributed by atoms with Crippen molar-refractivity contribution in [2.75, 3.05) is 31.2 Å². The summed E-state index contributed by atoms with van der Waals surface area (Å²) in [7, 11) is 0. The smallest absolute Gasteiger partial charge is 0.185 e. The van der Waals surface area contributed by atoms with Crippen molar-refractivity contribution in [2.45, 2.75) is 52.0 Å². The minimum Gasteiger partial charge on any atom is -0.381 e. The zero-order valence-corrected chi connectivity index (χ0v) is 17.0. The van der Waals surface area contributed by atoms with Gasteiger partial charge in [-0.3, -0.25) is 4.79 Å². The average Bonchev–Trinajstić information content (AvgIpc) is 3.30. The van der Waals surface area contributed by atoms with Gasteiger partial charge >= 0.3 is 0 Å². The molecule has 0 saturated carbocycles. The first-order chi connectivity index (χ1) is 13.2. The van der Waals surface area contributed by atoms with Crippen LogP contribution in [0, 0.1) is 12.8 Å². The Morgan fingerprint density at radius 3 is 2.93 bits per heavy atom. The molecule has 2 aliphatic heterocycles. The van der Waals surface area contributed by atoms with Crippen molar-refractivity contribution in [1.29, 1.82) is 0 Å². The molecule has 0 aromatic carbocycles. The normalized spacial score (nSPS) is 20.8. The van der Waals surface area contributed by atoms with E-state index in [1.165, 1.54) is 19.3 Å². The quantitative estimate of drug-likeness (QED) is 0.694. The van der Waals surface area contributed by atoms with E-state index in [1.807, 2.05) is 6.07 Å². The Labute approximate surface area is 165 Å². The summed E-state index contributed by atoms with van der Waals surface area (Å²) in [4.78, 5) is 20.1. The predicted octanol–water partition coefficient (Wildman–Crippen LogP) is 4.29. The molecule has 2 aromatic heterocycles. The van der Waals surface area contributed by atoms with Gasteiger partial charge in [0.25, 0.3) is 0 Å². The van der Waals surface area contributed by atoms with Gasteiger partial charge in [-0.05, 0) is 56.6 Å². The molecule has 5 nitrogen and oxygen atoms in total. The number of carbonyl (C=O) groups is 1. The van der Waals surface area contributed by atoms with Crippen LogP contribution in [0.5, 0.6) is 0 Å². The summed E-state index contributed by atoms with van der Waals surface area (Å²) in [5.74, 6) is 0.588. The first kappa shape index (κ1) is 18.7. The molecular formula is C21H29N3O2S. The van der Waals surface area contributed by atoms with Crippen molar-refractivity contribution >= 4 is 22.3 Å². The molecule has 0 N–H and O–H groups in total. The number of ether oxygens (including phenoxy) is 1. The van der Waals surface area contributed by atoms with E-state index in [4.69, 9.17) is 9.72 Å². The van der Waals surface area contributed by atoms with Gasteiger partial charge in [-0.2, -0.15) is 0 Å². The van der Waals surface area contributed by atoms with Crippen molar-refractivity contribution in [3.8, 4) is 0 Å². The summed E-state index contributed by atoms with van der Waals surface area (Å²) in [6, 6.07) is 2.02. The van der Waals surface area contributed by atoms with Crippen molar-refractivity contribution in [2.24, 2.45) is 5.92 Å². The molecule has 4 rings (SSSR count). The number of piperidine rings is 1. The van der Waals surface area contributed by atoms with Crippen LogP contribution in [0.2, 0.25) is 0 Å². The van der Waals surface area contributed by atoms with Crippen LogP contribution in [0.4, 0.5) is 5.13 Å². The molecule has 0 spiro atoms. The highest BCUT2D eigenvalue weighted by molar-refractivity contribution is 7.13. The molecule has 0 bridgehead atoms. The summed E-state index contributed by atoms with van der Waals surface area (Å²) in [6.45, 7) is 6.50. The minimum atomic E-state index is 0.227. The summed E-state index contributed by atoms with van der Waals surface area (Å²) >= 11 is 1.72. The molecule has 1 atom stereocenters. The molecule has 4 heterocycles. The fourth-order valence-corrected chi connectivity index (χ4v) is 5.00. The Kier molecular flexibility index (Phi) is 5.93. The molecule has 2 aliphatic rings. The highest BCUT2D eigenvalue weighted by Gasteiger charge is 2.21. The van der Waals surface area contributed by atoms with Crippen LogP contribution in [-0.2, 0) is 11.3 Å². The lowest BCUT2D eigenvalue weighted by Crippen LogP contribution is -2.29. The lowest BCUT2D eigenvalue weighted by atomic mass is 9.95. The molecule has 0 aliphatic carbocycles. The van der Waals surface area contributed by atoms with Crippen LogP contribution >= 0.6 is 11.3 Å². The number of hydrogen-bond donors (Lipinski definition) is 0. The van der Waals surface area contributed by atoms with E-state index in [1.54, 1.807) is 11.3 Å². The SMILES string of the molecule is Cc1cc(C(=O)CC2CCCOC2)n(Cc2csc(N3CCCCC3)n2)c1. The monoisotopic (exact) mass is 387 g/mol. The highest BCUT2D eigenvalue weighted by atomic mass is 32.1. The number of ketones is 1. The average molecular weight is 388 g/mol. The third kappa shape index (κ3) is 4.61. The molecule has 146 valence electrons. The molecule has 2 fully saturated rings. The number of nitrogens with zero attached hydrogens (tertiary/aromatic N) is 3. The zero-order valence-electron chi connectivity index (χ0n) is 16.2. The van der Waals surface area contributed by atoms with E-state index in [9.17, 15) is 4.79 Å².